The van der Waals surface area contributed by atoms with Gasteiger partial charge in [0.15, 0.2) is 5.13 Å². The molecule has 0 saturated heterocycles. The number of benzene rings is 1. The normalized spacial score (nSPS) is 12.5. The lowest BCUT2D eigenvalue weighted by Crippen LogP contribution is -2.27. The molecule has 10 heteroatoms. The molecule has 8 nitrogen and oxygen atoms in total. The van der Waals surface area contributed by atoms with Crippen LogP contribution in [0.15, 0.2) is 34.5 Å². The van der Waals surface area contributed by atoms with Crippen molar-refractivity contribution in [1.82, 2.24) is 10.3 Å². The van der Waals surface area contributed by atoms with Gasteiger partial charge in [-0.15, -0.1) is 11.3 Å². The molecule has 0 radical (unpaired) electrons. The SMILES string of the molecule is CC(=O)Nc1nc(C(=O)NC(C)c2ccc(S(N)(=O)=O)cc2)cs1. The number of amides is 2. The number of nitrogens with zero attached hydrogens (tertiary/aromatic N) is 1. The van der Waals surface area contributed by atoms with Gasteiger partial charge in [-0.1, -0.05) is 12.1 Å². The molecule has 1 atom stereocenters. The topological polar surface area (TPSA) is 131 Å². The van der Waals surface area contributed by atoms with E-state index in [9.17, 15) is 18.0 Å². The molecule has 0 aliphatic heterocycles. The van der Waals surface area contributed by atoms with Crippen LogP contribution in [-0.4, -0.2) is 25.2 Å². The number of anilines is 1. The van der Waals surface area contributed by atoms with Crippen molar-refractivity contribution in [1.29, 1.82) is 0 Å². The summed E-state index contributed by atoms with van der Waals surface area (Å²) in [4.78, 5) is 27.1. The van der Waals surface area contributed by atoms with Gasteiger partial charge in [0.2, 0.25) is 15.9 Å². The Labute approximate surface area is 143 Å². The van der Waals surface area contributed by atoms with Crippen molar-refractivity contribution in [3.63, 3.8) is 0 Å². The summed E-state index contributed by atoms with van der Waals surface area (Å²) >= 11 is 1.15. The number of sulfonamides is 1. The van der Waals surface area contributed by atoms with Gasteiger partial charge in [-0.2, -0.15) is 0 Å². The van der Waals surface area contributed by atoms with Crippen LogP contribution in [0, 0.1) is 0 Å². The summed E-state index contributed by atoms with van der Waals surface area (Å²) in [6.45, 7) is 3.11. The summed E-state index contributed by atoms with van der Waals surface area (Å²) in [5.74, 6) is -0.662. The Morgan fingerprint density at radius 3 is 2.42 bits per heavy atom. The largest absolute Gasteiger partial charge is 0.344 e. The first-order valence-corrected chi connectivity index (χ1v) is 9.26. The maximum Gasteiger partial charge on any atom is 0.271 e. The Hall–Kier alpha value is -2.30. The number of thiazole rings is 1. The minimum atomic E-state index is -3.75. The minimum Gasteiger partial charge on any atom is -0.344 e. The molecule has 0 spiro atoms. The van der Waals surface area contributed by atoms with Gasteiger partial charge >= 0.3 is 0 Å². The molecule has 1 heterocycles. The molecule has 128 valence electrons. The van der Waals surface area contributed by atoms with Crippen LogP contribution in [0.4, 0.5) is 5.13 Å². The number of nitrogens with two attached hydrogens (primary N) is 1. The molecule has 1 unspecified atom stereocenters. The monoisotopic (exact) mass is 368 g/mol. The van der Waals surface area contributed by atoms with Crippen molar-refractivity contribution < 1.29 is 18.0 Å². The van der Waals surface area contributed by atoms with Gasteiger partial charge < -0.3 is 10.6 Å². The molecule has 0 bridgehead atoms. The van der Waals surface area contributed by atoms with E-state index in [0.717, 1.165) is 11.3 Å². The minimum absolute atomic E-state index is 0.00391. The van der Waals surface area contributed by atoms with Crippen molar-refractivity contribution >= 4 is 38.3 Å². The molecule has 1 aromatic heterocycles. The predicted molar refractivity (Wildman–Crippen MR) is 90.1 cm³/mol. The first-order valence-electron chi connectivity index (χ1n) is 6.83. The number of carbonyl (C=O) groups is 2. The van der Waals surface area contributed by atoms with Crippen LogP contribution in [0.2, 0.25) is 0 Å². The summed E-state index contributed by atoms with van der Waals surface area (Å²) in [5, 5.41) is 12.2. The summed E-state index contributed by atoms with van der Waals surface area (Å²) in [6.07, 6.45) is 0. The van der Waals surface area contributed by atoms with E-state index in [4.69, 9.17) is 5.14 Å². The van der Waals surface area contributed by atoms with Crippen LogP contribution < -0.4 is 15.8 Å². The number of hydrogen-bond acceptors (Lipinski definition) is 6. The molecule has 0 aliphatic rings. The Morgan fingerprint density at radius 2 is 1.88 bits per heavy atom. The molecule has 4 N–H and O–H groups in total. The molecular weight excluding hydrogens is 352 g/mol. The van der Waals surface area contributed by atoms with Crippen LogP contribution in [-0.2, 0) is 14.8 Å². The van der Waals surface area contributed by atoms with Crippen molar-refractivity contribution in [2.45, 2.75) is 24.8 Å². The Balaban J connectivity index is 2.06. The lowest BCUT2D eigenvalue weighted by molar-refractivity contribution is -0.114. The molecule has 0 fully saturated rings. The molecule has 0 saturated carbocycles. The van der Waals surface area contributed by atoms with Crippen molar-refractivity contribution in [3.8, 4) is 0 Å². The summed E-state index contributed by atoms with van der Waals surface area (Å²) in [6, 6.07) is 5.55. The van der Waals surface area contributed by atoms with Gasteiger partial charge in [0.25, 0.3) is 5.91 Å². The van der Waals surface area contributed by atoms with Crippen molar-refractivity contribution in [2.75, 3.05) is 5.32 Å². The summed E-state index contributed by atoms with van der Waals surface area (Å²) in [7, 11) is -3.75. The van der Waals surface area contributed by atoms with Gasteiger partial charge in [-0.25, -0.2) is 18.5 Å². The fourth-order valence-electron chi connectivity index (χ4n) is 1.89. The summed E-state index contributed by atoms with van der Waals surface area (Å²) < 4.78 is 22.5. The maximum atomic E-state index is 12.2. The maximum absolute atomic E-state index is 12.2. The standard InChI is InChI=1S/C14H16N4O4S2/c1-8(10-3-5-11(6-4-10)24(15,21)22)16-13(20)12-7-23-14(18-12)17-9(2)19/h3-8H,1-2H3,(H,16,20)(H2,15,21,22)(H,17,18,19). The molecule has 24 heavy (non-hydrogen) atoms. The fourth-order valence-corrected chi connectivity index (χ4v) is 3.14. The number of nitrogens with one attached hydrogen (secondary N) is 2. The van der Waals surface area contributed by atoms with Gasteiger partial charge in [0, 0.05) is 12.3 Å². The number of hydrogen-bond donors (Lipinski definition) is 3. The molecular formula is C14H16N4O4S2. The highest BCUT2D eigenvalue weighted by molar-refractivity contribution is 7.89. The van der Waals surface area contributed by atoms with E-state index in [-0.39, 0.29) is 22.5 Å². The first kappa shape index (κ1) is 18.0. The molecule has 2 rings (SSSR count). The number of aromatic nitrogens is 1. The molecule has 2 aromatic rings. The predicted octanol–water partition coefficient (Wildman–Crippen LogP) is 1.24. The molecule has 2 amide bonds. The zero-order valence-corrected chi connectivity index (χ0v) is 14.6. The van der Waals surface area contributed by atoms with Crippen molar-refractivity contribution in [2.24, 2.45) is 5.14 Å². The highest BCUT2D eigenvalue weighted by Crippen LogP contribution is 2.18. The zero-order valence-electron chi connectivity index (χ0n) is 12.9. The Morgan fingerprint density at radius 1 is 1.25 bits per heavy atom. The van der Waals surface area contributed by atoms with E-state index < -0.39 is 15.9 Å². The van der Waals surface area contributed by atoms with E-state index in [2.05, 4.69) is 15.6 Å². The van der Waals surface area contributed by atoms with Crippen LogP contribution in [0.25, 0.3) is 0 Å². The molecule has 1 aromatic carbocycles. The van der Waals surface area contributed by atoms with Crippen molar-refractivity contribution in [3.05, 3.63) is 40.9 Å². The van der Waals surface area contributed by atoms with E-state index >= 15 is 0 Å². The van der Waals surface area contributed by atoms with Crippen LogP contribution in [0.3, 0.4) is 0 Å². The third kappa shape index (κ3) is 4.60. The zero-order chi connectivity index (χ0) is 17.9. The van der Waals surface area contributed by atoms with Crippen LogP contribution in [0.5, 0.6) is 0 Å². The van der Waals surface area contributed by atoms with Crippen LogP contribution >= 0.6 is 11.3 Å². The fraction of sp³-hybridized carbons (Fsp3) is 0.214. The second-order valence-corrected chi connectivity index (χ2v) is 7.45. The van der Waals surface area contributed by atoms with E-state index in [0.29, 0.717) is 10.7 Å². The highest BCUT2D eigenvalue weighted by Gasteiger charge is 2.16. The highest BCUT2D eigenvalue weighted by atomic mass is 32.2. The van der Waals surface area contributed by atoms with E-state index in [1.54, 1.807) is 19.1 Å². The van der Waals surface area contributed by atoms with E-state index in [1.807, 2.05) is 0 Å². The lowest BCUT2D eigenvalue weighted by atomic mass is 10.1. The Kier molecular flexibility index (Phi) is 5.32. The lowest BCUT2D eigenvalue weighted by Gasteiger charge is -2.13. The first-order chi connectivity index (χ1) is 11.2. The quantitative estimate of drug-likeness (QED) is 0.730. The number of primary sulfonamides is 1. The van der Waals surface area contributed by atoms with Gasteiger partial charge in [0.05, 0.1) is 10.9 Å². The third-order valence-electron chi connectivity index (χ3n) is 3.08. The second kappa shape index (κ2) is 7.07. The summed E-state index contributed by atoms with van der Waals surface area (Å²) in [5.41, 5.74) is 0.907. The molecule has 0 aliphatic carbocycles. The van der Waals surface area contributed by atoms with E-state index in [1.165, 1.54) is 24.4 Å². The Bertz CT molecular complexity index is 859. The van der Waals surface area contributed by atoms with Crippen LogP contribution in [0.1, 0.15) is 35.9 Å². The average molecular weight is 368 g/mol. The average Bonchev–Trinajstić information content (AvgIpc) is 2.94. The second-order valence-electron chi connectivity index (χ2n) is 5.03. The van der Waals surface area contributed by atoms with Gasteiger partial charge in [-0.05, 0) is 24.6 Å². The smallest absolute Gasteiger partial charge is 0.271 e. The third-order valence-corrected chi connectivity index (χ3v) is 4.76. The van der Waals surface area contributed by atoms with Gasteiger partial charge in [0.1, 0.15) is 5.69 Å². The number of carbonyl (C=O) groups excluding carboxylic acids is 2. The number of rotatable bonds is 5. The van der Waals surface area contributed by atoms with Gasteiger partial charge in [-0.3, -0.25) is 9.59 Å².